The van der Waals surface area contributed by atoms with E-state index >= 15 is 0 Å². The summed E-state index contributed by atoms with van der Waals surface area (Å²) in [5.74, 6) is -0.494. The molecule has 0 saturated heterocycles. The van der Waals surface area contributed by atoms with E-state index in [2.05, 4.69) is 15.4 Å². The summed E-state index contributed by atoms with van der Waals surface area (Å²) >= 11 is 6.21. The number of benzene rings is 2. The molecule has 116 valence electrons. The molecule has 0 aliphatic carbocycles. The fourth-order valence-corrected chi connectivity index (χ4v) is 2.52. The van der Waals surface area contributed by atoms with E-state index in [0.717, 1.165) is 16.7 Å². The molecule has 0 aliphatic heterocycles. The van der Waals surface area contributed by atoms with Gasteiger partial charge in [0.05, 0.1) is 6.61 Å². The number of esters is 1. The molecule has 1 N–H and O–H groups in total. The number of carbonyl (C=O) groups is 1. The van der Waals surface area contributed by atoms with Gasteiger partial charge < -0.3 is 4.74 Å². The van der Waals surface area contributed by atoms with Gasteiger partial charge >= 0.3 is 5.97 Å². The number of H-pyrrole nitrogens is 1. The van der Waals surface area contributed by atoms with Crippen molar-refractivity contribution in [1.82, 2.24) is 15.4 Å². The van der Waals surface area contributed by atoms with Crippen LogP contribution in [0, 0.1) is 0 Å². The molecule has 0 radical (unpaired) electrons. The van der Waals surface area contributed by atoms with Crippen molar-refractivity contribution in [3.8, 4) is 22.4 Å². The smallest absolute Gasteiger partial charge is 0.361 e. The van der Waals surface area contributed by atoms with Gasteiger partial charge in [-0.25, -0.2) is 4.79 Å². The molecule has 3 rings (SSSR count). The van der Waals surface area contributed by atoms with E-state index in [0.29, 0.717) is 10.7 Å². The van der Waals surface area contributed by atoms with Crippen LogP contribution in [0.3, 0.4) is 0 Å². The molecule has 23 heavy (non-hydrogen) atoms. The van der Waals surface area contributed by atoms with Gasteiger partial charge in [-0.05, 0) is 18.6 Å². The van der Waals surface area contributed by atoms with Crippen LogP contribution in [0.25, 0.3) is 22.4 Å². The number of ether oxygens (including phenoxy) is 1. The number of nitrogens with zero attached hydrogens (tertiary/aromatic N) is 2. The Balaban J connectivity index is 1.94. The summed E-state index contributed by atoms with van der Waals surface area (Å²) in [5, 5.41) is 11.1. The molecule has 0 saturated carbocycles. The van der Waals surface area contributed by atoms with Gasteiger partial charge in [0, 0.05) is 16.1 Å². The predicted octanol–water partition coefficient (Wildman–Crippen LogP) is 3.97. The maximum atomic E-state index is 11.9. The third-order valence-electron chi connectivity index (χ3n) is 3.36. The highest BCUT2D eigenvalue weighted by Crippen LogP contribution is 2.29. The molecular weight excluding hydrogens is 314 g/mol. The van der Waals surface area contributed by atoms with Gasteiger partial charge in [-0.2, -0.15) is 10.3 Å². The molecule has 0 amide bonds. The zero-order chi connectivity index (χ0) is 16.2. The Hall–Kier alpha value is -2.66. The number of nitrogens with one attached hydrogen (secondary N) is 1. The third kappa shape index (κ3) is 3.10. The Morgan fingerprint density at radius 3 is 2.48 bits per heavy atom. The minimum atomic E-state index is -0.494. The molecule has 1 aromatic heterocycles. The van der Waals surface area contributed by atoms with Crippen LogP contribution < -0.4 is 0 Å². The van der Waals surface area contributed by atoms with Crippen molar-refractivity contribution in [2.24, 2.45) is 0 Å². The first-order valence-corrected chi connectivity index (χ1v) is 7.51. The van der Waals surface area contributed by atoms with Crippen LogP contribution >= 0.6 is 11.6 Å². The number of carbonyl (C=O) groups excluding carboxylic acids is 1. The molecule has 1 heterocycles. The molecule has 0 aliphatic rings. The largest absolute Gasteiger partial charge is 0.461 e. The molecule has 3 aromatic rings. The summed E-state index contributed by atoms with van der Waals surface area (Å²) in [5.41, 5.74) is 3.36. The third-order valence-corrected chi connectivity index (χ3v) is 3.69. The van der Waals surface area contributed by atoms with E-state index < -0.39 is 5.97 Å². The summed E-state index contributed by atoms with van der Waals surface area (Å²) in [7, 11) is 0. The van der Waals surface area contributed by atoms with Crippen molar-refractivity contribution in [2.45, 2.75) is 6.92 Å². The molecule has 0 bridgehead atoms. The molecule has 0 spiro atoms. The average molecular weight is 328 g/mol. The lowest BCUT2D eigenvalue weighted by Gasteiger charge is -2.06. The number of rotatable bonds is 4. The van der Waals surface area contributed by atoms with Crippen molar-refractivity contribution >= 4 is 17.6 Å². The highest BCUT2D eigenvalue weighted by atomic mass is 35.5. The lowest BCUT2D eigenvalue weighted by Crippen LogP contribution is -2.06. The van der Waals surface area contributed by atoms with Gasteiger partial charge in [-0.15, -0.1) is 5.10 Å². The van der Waals surface area contributed by atoms with Gasteiger partial charge in [-0.1, -0.05) is 54.1 Å². The molecule has 0 unspecified atom stereocenters. The highest BCUT2D eigenvalue weighted by Gasteiger charge is 2.19. The number of halogens is 1. The standard InChI is InChI=1S/C17H14ClN3O2/c1-2-23-17(22)16-15(19-21-20-16)12-9-7-11(8-10-12)13-5-3-4-6-14(13)18/h3-10H,2H2,1H3,(H,19,20,21). The van der Waals surface area contributed by atoms with Crippen LogP contribution in [0.4, 0.5) is 0 Å². The van der Waals surface area contributed by atoms with Crippen molar-refractivity contribution in [1.29, 1.82) is 0 Å². The van der Waals surface area contributed by atoms with E-state index in [-0.39, 0.29) is 12.3 Å². The summed E-state index contributed by atoms with van der Waals surface area (Å²) in [6.07, 6.45) is 0. The fraction of sp³-hybridized carbons (Fsp3) is 0.118. The molecule has 2 aromatic carbocycles. The lowest BCUT2D eigenvalue weighted by atomic mass is 10.0. The SMILES string of the molecule is CCOC(=O)c1n[nH]nc1-c1ccc(-c2ccccc2Cl)cc1. The van der Waals surface area contributed by atoms with Gasteiger partial charge in [0.2, 0.25) is 0 Å². The van der Waals surface area contributed by atoms with Gasteiger partial charge in [-0.3, -0.25) is 0 Å². The van der Waals surface area contributed by atoms with Crippen LogP contribution in [-0.4, -0.2) is 28.0 Å². The second-order valence-electron chi connectivity index (χ2n) is 4.80. The number of aromatic amines is 1. The Morgan fingerprint density at radius 2 is 1.78 bits per heavy atom. The first kappa shape index (κ1) is 15.2. The second kappa shape index (κ2) is 6.62. The predicted molar refractivity (Wildman–Crippen MR) is 88.2 cm³/mol. The summed E-state index contributed by atoms with van der Waals surface area (Å²) in [4.78, 5) is 11.9. The number of hydrogen-bond donors (Lipinski definition) is 1. The molecule has 6 heteroatoms. The van der Waals surface area contributed by atoms with Crippen LogP contribution in [0.5, 0.6) is 0 Å². The van der Waals surface area contributed by atoms with Crippen LogP contribution in [0.15, 0.2) is 48.5 Å². The van der Waals surface area contributed by atoms with Crippen LogP contribution in [-0.2, 0) is 4.74 Å². The quantitative estimate of drug-likeness (QED) is 0.736. The monoisotopic (exact) mass is 327 g/mol. The van der Waals surface area contributed by atoms with E-state index in [1.165, 1.54) is 0 Å². The second-order valence-corrected chi connectivity index (χ2v) is 5.21. The van der Waals surface area contributed by atoms with E-state index in [9.17, 15) is 4.79 Å². The van der Waals surface area contributed by atoms with E-state index in [4.69, 9.17) is 16.3 Å². The van der Waals surface area contributed by atoms with Crippen LogP contribution in [0.2, 0.25) is 5.02 Å². The summed E-state index contributed by atoms with van der Waals surface area (Å²) in [6.45, 7) is 2.03. The summed E-state index contributed by atoms with van der Waals surface area (Å²) < 4.78 is 4.98. The minimum Gasteiger partial charge on any atom is -0.461 e. The van der Waals surface area contributed by atoms with Crippen molar-refractivity contribution < 1.29 is 9.53 Å². The zero-order valence-corrected chi connectivity index (χ0v) is 13.2. The van der Waals surface area contributed by atoms with E-state index in [1.807, 2.05) is 48.5 Å². The summed E-state index contributed by atoms with van der Waals surface area (Å²) in [6, 6.07) is 15.2. The van der Waals surface area contributed by atoms with Crippen LogP contribution in [0.1, 0.15) is 17.4 Å². The first-order chi connectivity index (χ1) is 11.2. The van der Waals surface area contributed by atoms with Crippen molar-refractivity contribution in [2.75, 3.05) is 6.61 Å². The highest BCUT2D eigenvalue weighted by molar-refractivity contribution is 6.33. The first-order valence-electron chi connectivity index (χ1n) is 7.14. The number of hydrogen-bond acceptors (Lipinski definition) is 4. The zero-order valence-electron chi connectivity index (χ0n) is 12.4. The molecule has 5 nitrogen and oxygen atoms in total. The van der Waals surface area contributed by atoms with E-state index in [1.54, 1.807) is 6.92 Å². The lowest BCUT2D eigenvalue weighted by molar-refractivity contribution is 0.0520. The Morgan fingerprint density at radius 1 is 1.09 bits per heavy atom. The maximum Gasteiger partial charge on any atom is 0.361 e. The van der Waals surface area contributed by atoms with Crippen molar-refractivity contribution in [3.05, 3.63) is 59.2 Å². The maximum absolute atomic E-state index is 11.9. The molecular formula is C17H14ClN3O2. The normalized spacial score (nSPS) is 10.5. The fourth-order valence-electron chi connectivity index (χ4n) is 2.28. The minimum absolute atomic E-state index is 0.178. The van der Waals surface area contributed by atoms with Crippen molar-refractivity contribution in [3.63, 3.8) is 0 Å². The Labute approximate surface area is 138 Å². The molecule has 0 atom stereocenters. The average Bonchev–Trinajstić information content (AvgIpc) is 3.05. The molecule has 0 fully saturated rings. The van der Waals surface area contributed by atoms with Gasteiger partial charge in [0.15, 0.2) is 5.69 Å². The van der Waals surface area contributed by atoms with Gasteiger partial charge in [0.1, 0.15) is 5.69 Å². The topological polar surface area (TPSA) is 67.9 Å². The Kier molecular flexibility index (Phi) is 4.39. The van der Waals surface area contributed by atoms with Gasteiger partial charge in [0.25, 0.3) is 0 Å². The number of aromatic nitrogens is 3. The Bertz CT molecular complexity index is 828.